The fourth-order valence-corrected chi connectivity index (χ4v) is 4.76. The summed E-state index contributed by atoms with van der Waals surface area (Å²) in [6, 6.07) is 3.65. The molecular weight excluding hydrogens is 333 g/mol. The molecule has 1 aromatic carbocycles. The fourth-order valence-electron chi connectivity index (χ4n) is 2.51. The van der Waals surface area contributed by atoms with Crippen LogP contribution in [0.2, 0.25) is 0 Å². The minimum absolute atomic E-state index is 0.120. The maximum absolute atomic E-state index is 13.0. The van der Waals surface area contributed by atoms with Crippen LogP contribution in [0.4, 0.5) is 4.39 Å². The predicted octanol–water partition coefficient (Wildman–Crippen LogP) is 3.40. The van der Waals surface area contributed by atoms with E-state index in [1.165, 1.54) is 35.3 Å². The minimum atomic E-state index is -3.55. The lowest BCUT2D eigenvalue weighted by atomic mass is 10.1. The van der Waals surface area contributed by atoms with Gasteiger partial charge in [-0.3, -0.25) is 0 Å². The van der Waals surface area contributed by atoms with Crippen molar-refractivity contribution in [1.82, 2.24) is 4.31 Å². The van der Waals surface area contributed by atoms with Gasteiger partial charge >= 0.3 is 0 Å². The Morgan fingerprint density at radius 1 is 1.37 bits per heavy atom. The smallest absolute Gasteiger partial charge is 0.207 e. The molecule has 0 aliphatic heterocycles. The van der Waals surface area contributed by atoms with E-state index in [1.807, 2.05) is 0 Å². The van der Waals surface area contributed by atoms with Crippen molar-refractivity contribution in [3.8, 4) is 0 Å². The summed E-state index contributed by atoms with van der Waals surface area (Å²) in [5.74, 6) is -0.0109. The van der Waals surface area contributed by atoms with Crippen LogP contribution in [0.15, 0.2) is 27.6 Å². The highest BCUT2D eigenvalue weighted by Crippen LogP contribution is 2.29. The summed E-state index contributed by atoms with van der Waals surface area (Å²) in [6.45, 7) is 0.534. The van der Waals surface area contributed by atoms with Crippen LogP contribution in [0.3, 0.4) is 0 Å². The van der Waals surface area contributed by atoms with Gasteiger partial charge in [0, 0.05) is 18.1 Å². The summed E-state index contributed by atoms with van der Waals surface area (Å²) in [4.78, 5) is 0.120. The summed E-state index contributed by atoms with van der Waals surface area (Å²) < 4.78 is 39.5. The molecule has 0 heterocycles. The van der Waals surface area contributed by atoms with Crippen LogP contribution in [0.5, 0.6) is 0 Å². The highest BCUT2D eigenvalue weighted by Gasteiger charge is 2.27. The number of nitrogens with zero attached hydrogens (tertiary/aromatic N) is 1. The van der Waals surface area contributed by atoms with Crippen molar-refractivity contribution in [1.29, 1.82) is 0 Å². The number of rotatable bonds is 4. The van der Waals surface area contributed by atoms with Gasteiger partial charge in [0.25, 0.3) is 0 Å². The van der Waals surface area contributed by atoms with Crippen LogP contribution in [0, 0.1) is 11.7 Å². The first-order chi connectivity index (χ1) is 8.91. The molecule has 0 spiro atoms. The number of hydrogen-bond donors (Lipinski definition) is 0. The van der Waals surface area contributed by atoms with Gasteiger partial charge in [0.1, 0.15) is 5.82 Å². The third-order valence-electron chi connectivity index (χ3n) is 3.57. The number of sulfonamides is 1. The molecule has 0 saturated heterocycles. The van der Waals surface area contributed by atoms with E-state index in [2.05, 4.69) is 15.9 Å². The summed E-state index contributed by atoms with van der Waals surface area (Å²) in [5, 5.41) is 0. The van der Waals surface area contributed by atoms with E-state index < -0.39 is 15.8 Å². The topological polar surface area (TPSA) is 37.4 Å². The molecule has 1 aliphatic carbocycles. The molecule has 0 amide bonds. The van der Waals surface area contributed by atoms with Crippen LogP contribution in [-0.4, -0.2) is 26.3 Å². The molecule has 1 aromatic rings. The van der Waals surface area contributed by atoms with Gasteiger partial charge in [0.2, 0.25) is 10.0 Å². The Hall–Kier alpha value is -0.460. The molecule has 1 aliphatic rings. The molecule has 6 heteroatoms. The fraction of sp³-hybridized carbons (Fsp3) is 0.538. The largest absolute Gasteiger partial charge is 0.243 e. The van der Waals surface area contributed by atoms with Gasteiger partial charge in [0.05, 0.1) is 4.90 Å². The van der Waals surface area contributed by atoms with Crippen molar-refractivity contribution in [3.05, 3.63) is 28.5 Å². The molecule has 2 rings (SSSR count). The minimum Gasteiger partial charge on any atom is -0.207 e. The van der Waals surface area contributed by atoms with Crippen molar-refractivity contribution < 1.29 is 12.8 Å². The van der Waals surface area contributed by atoms with Crippen molar-refractivity contribution in [2.24, 2.45) is 5.92 Å². The molecule has 3 nitrogen and oxygen atoms in total. The molecule has 0 bridgehead atoms. The third kappa shape index (κ3) is 3.35. The first-order valence-corrected chi connectivity index (χ1v) is 8.56. The molecule has 19 heavy (non-hydrogen) atoms. The van der Waals surface area contributed by atoms with Gasteiger partial charge in [0.15, 0.2) is 0 Å². The van der Waals surface area contributed by atoms with Crippen LogP contribution < -0.4 is 0 Å². The number of halogens is 2. The summed E-state index contributed by atoms with van der Waals surface area (Å²) in [5.41, 5.74) is 0. The molecule has 0 N–H and O–H groups in total. The van der Waals surface area contributed by atoms with E-state index in [1.54, 1.807) is 7.05 Å². The molecule has 0 aromatic heterocycles. The second-order valence-corrected chi connectivity index (χ2v) is 7.88. The highest BCUT2D eigenvalue weighted by molar-refractivity contribution is 9.10. The summed E-state index contributed by atoms with van der Waals surface area (Å²) in [6.07, 6.45) is 4.53. The Balaban J connectivity index is 2.20. The first kappa shape index (κ1) is 14.9. The molecule has 0 unspecified atom stereocenters. The lowest BCUT2D eigenvalue weighted by Gasteiger charge is -2.21. The zero-order valence-corrected chi connectivity index (χ0v) is 13.2. The zero-order chi connectivity index (χ0) is 14.0. The van der Waals surface area contributed by atoms with Crippen LogP contribution in [0.1, 0.15) is 25.7 Å². The van der Waals surface area contributed by atoms with E-state index in [0.29, 0.717) is 12.5 Å². The first-order valence-electron chi connectivity index (χ1n) is 6.32. The van der Waals surface area contributed by atoms with Crippen molar-refractivity contribution in [2.45, 2.75) is 30.6 Å². The number of hydrogen-bond acceptors (Lipinski definition) is 2. The lowest BCUT2D eigenvalue weighted by molar-refractivity contribution is 0.387. The maximum atomic E-state index is 13.0. The van der Waals surface area contributed by atoms with Gasteiger partial charge in [-0.2, -0.15) is 0 Å². The predicted molar refractivity (Wildman–Crippen MR) is 75.9 cm³/mol. The highest BCUT2D eigenvalue weighted by atomic mass is 79.9. The summed E-state index contributed by atoms with van der Waals surface area (Å²) in [7, 11) is -1.97. The molecule has 106 valence electrons. The van der Waals surface area contributed by atoms with Gasteiger partial charge in [-0.05, 0) is 52.9 Å². The van der Waals surface area contributed by atoms with Crippen LogP contribution >= 0.6 is 15.9 Å². The Labute approximate surface area is 122 Å². The Kier molecular flexibility index (Phi) is 4.63. The molecule has 1 saturated carbocycles. The van der Waals surface area contributed by atoms with Gasteiger partial charge in [-0.25, -0.2) is 17.1 Å². The van der Waals surface area contributed by atoms with Crippen molar-refractivity contribution in [2.75, 3.05) is 13.6 Å². The zero-order valence-electron chi connectivity index (χ0n) is 10.8. The van der Waals surface area contributed by atoms with E-state index in [4.69, 9.17) is 0 Å². The Bertz CT molecular complexity index is 556. The van der Waals surface area contributed by atoms with E-state index in [0.717, 1.165) is 12.8 Å². The molecular formula is C13H17BrFNO2S. The van der Waals surface area contributed by atoms with E-state index in [-0.39, 0.29) is 9.37 Å². The average Bonchev–Trinajstić information content (AvgIpc) is 2.81. The lowest BCUT2D eigenvalue weighted by Crippen LogP contribution is -2.31. The molecule has 0 atom stereocenters. The summed E-state index contributed by atoms with van der Waals surface area (Å²) >= 11 is 3.12. The standard InChI is InChI=1S/C13H17BrFNO2S/c1-16(9-10-4-2-3-5-10)19(17,18)13-7-6-11(15)8-12(13)14/h6-8,10H,2-5,9H2,1H3. The second-order valence-electron chi connectivity index (χ2n) is 5.01. The van der Waals surface area contributed by atoms with E-state index >= 15 is 0 Å². The second kappa shape index (κ2) is 5.89. The van der Waals surface area contributed by atoms with Crippen molar-refractivity contribution in [3.63, 3.8) is 0 Å². The SMILES string of the molecule is CN(CC1CCCC1)S(=O)(=O)c1ccc(F)cc1Br. The maximum Gasteiger partial charge on any atom is 0.243 e. The van der Waals surface area contributed by atoms with Gasteiger partial charge in [-0.1, -0.05) is 12.8 Å². The normalized spacial score (nSPS) is 17.3. The Morgan fingerprint density at radius 3 is 2.58 bits per heavy atom. The van der Waals surface area contributed by atoms with Crippen molar-refractivity contribution >= 4 is 26.0 Å². The molecule has 0 radical (unpaired) electrons. The van der Waals surface area contributed by atoms with Gasteiger partial charge in [-0.15, -0.1) is 0 Å². The van der Waals surface area contributed by atoms with Crippen LogP contribution in [-0.2, 0) is 10.0 Å². The molecule has 1 fully saturated rings. The van der Waals surface area contributed by atoms with Gasteiger partial charge < -0.3 is 0 Å². The monoisotopic (exact) mass is 349 g/mol. The average molecular weight is 350 g/mol. The third-order valence-corrected chi connectivity index (χ3v) is 6.37. The van der Waals surface area contributed by atoms with E-state index in [9.17, 15) is 12.8 Å². The quantitative estimate of drug-likeness (QED) is 0.835. The Morgan fingerprint density at radius 2 is 2.00 bits per heavy atom. The number of benzene rings is 1. The van der Waals surface area contributed by atoms with Crippen LogP contribution in [0.25, 0.3) is 0 Å².